The second-order valence-corrected chi connectivity index (χ2v) is 5.69. The summed E-state index contributed by atoms with van der Waals surface area (Å²) < 4.78 is 0. The second-order valence-electron chi connectivity index (χ2n) is 4.38. The number of amides is 1. The molecule has 17 heavy (non-hydrogen) atoms. The highest BCUT2D eigenvalue weighted by Crippen LogP contribution is 2.24. The maximum Gasteiger partial charge on any atom is 0.233 e. The molecule has 1 aliphatic rings. The molecule has 1 heterocycles. The van der Waals surface area contributed by atoms with Gasteiger partial charge in [-0.25, -0.2) is 0 Å². The van der Waals surface area contributed by atoms with Crippen LogP contribution in [0.4, 0.5) is 0 Å². The van der Waals surface area contributed by atoms with Crippen LogP contribution < -0.4 is 5.32 Å². The van der Waals surface area contributed by atoms with E-state index in [1.165, 1.54) is 18.4 Å². The maximum atomic E-state index is 11.9. The molecule has 1 unspecified atom stereocenters. The van der Waals surface area contributed by atoms with Gasteiger partial charge >= 0.3 is 0 Å². The Morgan fingerprint density at radius 3 is 2.82 bits per heavy atom. The van der Waals surface area contributed by atoms with E-state index < -0.39 is 0 Å². The Bertz CT molecular complexity index is 346. The Hall–Kier alpha value is -0.960. The average molecular weight is 249 g/mol. The largest absolute Gasteiger partial charge is 0.355 e. The van der Waals surface area contributed by atoms with Crippen LogP contribution in [0.3, 0.4) is 0 Å². The van der Waals surface area contributed by atoms with Gasteiger partial charge in [0.05, 0.1) is 5.25 Å². The predicted octanol–water partition coefficient (Wildman–Crippen LogP) is 2.63. The van der Waals surface area contributed by atoms with Gasteiger partial charge in [-0.05, 0) is 30.6 Å². The monoisotopic (exact) mass is 249 g/mol. The number of carbonyl (C=O) groups is 1. The van der Waals surface area contributed by atoms with Gasteiger partial charge in [-0.2, -0.15) is 0 Å². The molecule has 0 bridgehead atoms. The van der Waals surface area contributed by atoms with Gasteiger partial charge in [0, 0.05) is 6.54 Å². The summed E-state index contributed by atoms with van der Waals surface area (Å²) in [6, 6.07) is 10.3. The standard InChI is InChI=1S/C14H19NOS/c16-14(13-8-4-5-11-17-13)15-10-9-12-6-2-1-3-7-12/h1-3,6-7,13H,4-5,8-11H2,(H,15,16). The Morgan fingerprint density at radius 1 is 1.29 bits per heavy atom. The predicted molar refractivity (Wildman–Crippen MR) is 73.3 cm³/mol. The third-order valence-corrected chi connectivity index (χ3v) is 4.40. The Labute approximate surface area is 107 Å². The number of nitrogens with one attached hydrogen (secondary N) is 1. The van der Waals surface area contributed by atoms with Crippen molar-refractivity contribution in [1.82, 2.24) is 5.32 Å². The molecule has 3 heteroatoms. The summed E-state index contributed by atoms with van der Waals surface area (Å²) in [4.78, 5) is 11.9. The van der Waals surface area contributed by atoms with Crippen LogP contribution in [-0.2, 0) is 11.2 Å². The summed E-state index contributed by atoms with van der Waals surface area (Å²) in [7, 11) is 0. The topological polar surface area (TPSA) is 29.1 Å². The molecule has 1 saturated heterocycles. The van der Waals surface area contributed by atoms with Gasteiger partial charge in [0.25, 0.3) is 0 Å². The number of rotatable bonds is 4. The summed E-state index contributed by atoms with van der Waals surface area (Å²) in [5.41, 5.74) is 1.28. The van der Waals surface area contributed by atoms with Gasteiger partial charge < -0.3 is 5.32 Å². The molecule has 1 aliphatic heterocycles. The molecule has 1 aromatic rings. The highest BCUT2D eigenvalue weighted by Gasteiger charge is 2.20. The van der Waals surface area contributed by atoms with Gasteiger partial charge in [-0.1, -0.05) is 36.8 Å². The van der Waals surface area contributed by atoms with Crippen molar-refractivity contribution >= 4 is 17.7 Å². The molecular weight excluding hydrogens is 230 g/mol. The second kappa shape index (κ2) is 6.70. The fraction of sp³-hybridized carbons (Fsp3) is 0.500. The van der Waals surface area contributed by atoms with Crippen LogP contribution in [0.1, 0.15) is 24.8 Å². The van der Waals surface area contributed by atoms with Crippen molar-refractivity contribution in [3.8, 4) is 0 Å². The van der Waals surface area contributed by atoms with Crippen LogP contribution in [0.25, 0.3) is 0 Å². The van der Waals surface area contributed by atoms with E-state index in [0.717, 1.165) is 25.1 Å². The summed E-state index contributed by atoms with van der Waals surface area (Å²) in [6.07, 6.45) is 4.42. The van der Waals surface area contributed by atoms with Crippen molar-refractivity contribution in [2.24, 2.45) is 0 Å². The molecule has 1 amide bonds. The van der Waals surface area contributed by atoms with Crippen LogP contribution in [0.2, 0.25) is 0 Å². The molecule has 0 spiro atoms. The van der Waals surface area contributed by atoms with Crippen molar-refractivity contribution in [3.05, 3.63) is 35.9 Å². The number of carbonyl (C=O) groups excluding carboxylic acids is 1. The molecule has 2 nitrogen and oxygen atoms in total. The summed E-state index contributed by atoms with van der Waals surface area (Å²) in [5, 5.41) is 3.24. The summed E-state index contributed by atoms with van der Waals surface area (Å²) >= 11 is 1.81. The molecule has 0 aromatic heterocycles. The van der Waals surface area contributed by atoms with Gasteiger partial charge in [-0.3, -0.25) is 4.79 Å². The first-order valence-corrected chi connectivity index (χ1v) is 7.34. The first kappa shape index (κ1) is 12.5. The van der Waals surface area contributed by atoms with Crippen LogP contribution in [0.5, 0.6) is 0 Å². The Kier molecular flexibility index (Phi) is 4.92. The number of benzene rings is 1. The van der Waals surface area contributed by atoms with Crippen LogP contribution in [-0.4, -0.2) is 23.5 Å². The van der Waals surface area contributed by atoms with E-state index in [-0.39, 0.29) is 11.2 Å². The molecule has 1 N–H and O–H groups in total. The van der Waals surface area contributed by atoms with Crippen molar-refractivity contribution in [1.29, 1.82) is 0 Å². The molecule has 0 radical (unpaired) electrons. The average Bonchev–Trinajstić information content (AvgIpc) is 2.41. The lowest BCUT2D eigenvalue weighted by Gasteiger charge is -2.20. The van der Waals surface area contributed by atoms with Crippen LogP contribution in [0, 0.1) is 0 Å². The maximum absolute atomic E-state index is 11.9. The van der Waals surface area contributed by atoms with Crippen molar-refractivity contribution in [3.63, 3.8) is 0 Å². The van der Waals surface area contributed by atoms with E-state index in [1.807, 2.05) is 18.2 Å². The van der Waals surface area contributed by atoms with E-state index in [0.29, 0.717) is 0 Å². The lowest BCUT2D eigenvalue weighted by molar-refractivity contribution is -0.120. The van der Waals surface area contributed by atoms with Gasteiger partial charge in [0.2, 0.25) is 5.91 Å². The van der Waals surface area contributed by atoms with Crippen molar-refractivity contribution in [2.75, 3.05) is 12.3 Å². The van der Waals surface area contributed by atoms with Gasteiger partial charge in [0.15, 0.2) is 0 Å². The molecule has 2 rings (SSSR count). The lowest BCUT2D eigenvalue weighted by Crippen LogP contribution is -2.35. The fourth-order valence-corrected chi connectivity index (χ4v) is 3.26. The van der Waals surface area contributed by atoms with Crippen LogP contribution in [0.15, 0.2) is 30.3 Å². The van der Waals surface area contributed by atoms with E-state index in [2.05, 4.69) is 17.4 Å². The molecule has 92 valence electrons. The third-order valence-electron chi connectivity index (χ3n) is 3.03. The van der Waals surface area contributed by atoms with Gasteiger partial charge in [0.1, 0.15) is 0 Å². The third kappa shape index (κ3) is 4.08. The molecule has 1 aromatic carbocycles. The molecular formula is C14H19NOS. The number of thioether (sulfide) groups is 1. The molecule has 0 saturated carbocycles. The van der Waals surface area contributed by atoms with E-state index in [9.17, 15) is 4.79 Å². The van der Waals surface area contributed by atoms with Crippen molar-refractivity contribution in [2.45, 2.75) is 30.9 Å². The quantitative estimate of drug-likeness (QED) is 0.889. The fourth-order valence-electron chi connectivity index (χ4n) is 2.04. The Balaban J connectivity index is 1.69. The Morgan fingerprint density at radius 2 is 2.12 bits per heavy atom. The smallest absolute Gasteiger partial charge is 0.233 e. The van der Waals surface area contributed by atoms with Crippen molar-refractivity contribution < 1.29 is 4.79 Å². The first-order chi connectivity index (χ1) is 8.36. The minimum Gasteiger partial charge on any atom is -0.355 e. The van der Waals surface area contributed by atoms with Gasteiger partial charge in [-0.15, -0.1) is 11.8 Å². The minimum absolute atomic E-state index is 0.194. The van der Waals surface area contributed by atoms with E-state index in [4.69, 9.17) is 0 Å². The number of hydrogen-bond acceptors (Lipinski definition) is 2. The zero-order valence-electron chi connectivity index (χ0n) is 10.0. The normalized spacial score (nSPS) is 19.9. The SMILES string of the molecule is O=C(NCCc1ccccc1)C1CCCCS1. The number of hydrogen-bond donors (Lipinski definition) is 1. The highest BCUT2D eigenvalue weighted by atomic mass is 32.2. The van der Waals surface area contributed by atoms with E-state index in [1.54, 1.807) is 11.8 Å². The molecule has 0 aliphatic carbocycles. The molecule has 1 atom stereocenters. The van der Waals surface area contributed by atoms with E-state index >= 15 is 0 Å². The first-order valence-electron chi connectivity index (χ1n) is 6.29. The highest BCUT2D eigenvalue weighted by molar-refractivity contribution is 8.00. The lowest BCUT2D eigenvalue weighted by atomic mass is 10.1. The zero-order chi connectivity index (χ0) is 11.9. The summed E-state index contributed by atoms with van der Waals surface area (Å²) in [5.74, 6) is 1.36. The summed E-state index contributed by atoms with van der Waals surface area (Å²) in [6.45, 7) is 0.750. The minimum atomic E-state index is 0.194. The zero-order valence-corrected chi connectivity index (χ0v) is 10.8. The van der Waals surface area contributed by atoms with Crippen LogP contribution >= 0.6 is 11.8 Å². The molecule has 1 fully saturated rings.